The monoisotopic (exact) mass is 531 g/mol. The van der Waals surface area contributed by atoms with Gasteiger partial charge in [0.2, 0.25) is 0 Å². The Balaban J connectivity index is 1.40. The van der Waals surface area contributed by atoms with Gasteiger partial charge in [-0.05, 0) is 0 Å². The van der Waals surface area contributed by atoms with Crippen molar-refractivity contribution >= 4 is 53.0 Å². The van der Waals surface area contributed by atoms with E-state index in [1.54, 1.807) is 11.8 Å². The van der Waals surface area contributed by atoms with Crippen LogP contribution in [-0.2, 0) is 38.2 Å². The fourth-order valence-electron chi connectivity index (χ4n) is 6.03. The number of nitrogens with one attached hydrogen (secondary N) is 1. The summed E-state index contributed by atoms with van der Waals surface area (Å²) in [5, 5.41) is 11.5. The standard InChI is InChI=1S/C27H31N3O5P.Na/c1-27(28-36(27,35)15-13-19-8-3-2-4-9-19)26(34)30(22-16-20-10-5-6-11-21(20)17-22)18-24(31)29-14-7-12-23(29)25(32)33;/h2-6,8-11,18,22-23H,7,12-17H2,1H3,(H,28,35)(H,32,33);/t23-,27+,36?;/m0./s1. The van der Waals surface area contributed by atoms with Crippen LogP contribution in [0.5, 0.6) is 0 Å². The molecule has 0 spiro atoms. The van der Waals surface area contributed by atoms with E-state index in [0.29, 0.717) is 72.7 Å². The topological polar surface area (TPSA) is 117 Å². The van der Waals surface area contributed by atoms with Crippen molar-refractivity contribution in [3.8, 4) is 0 Å². The van der Waals surface area contributed by atoms with Crippen molar-refractivity contribution in [3.05, 3.63) is 71.3 Å². The van der Waals surface area contributed by atoms with Crippen LogP contribution in [0.25, 0.3) is 0 Å². The molecule has 0 bridgehead atoms. The zero-order valence-electron chi connectivity index (χ0n) is 21.3. The van der Waals surface area contributed by atoms with E-state index in [-0.39, 0.29) is 17.9 Å². The molecule has 2 aliphatic heterocycles. The molecular weight excluding hydrogens is 500 g/mol. The summed E-state index contributed by atoms with van der Waals surface area (Å²) >= 11 is 0.343. The molecule has 0 aromatic heterocycles. The zero-order chi connectivity index (χ0) is 26.4. The minimum absolute atomic E-state index is 0.232. The second-order valence-corrected chi connectivity index (χ2v) is 14.8. The number of nitrogens with zero attached hydrogens (tertiary/aromatic N) is 2. The summed E-state index contributed by atoms with van der Waals surface area (Å²) < 4.78 is 13.1. The number of carboxylic acid groups (broad SMARTS) is 1. The van der Waals surface area contributed by atoms with Gasteiger partial charge in [-0.2, -0.15) is 0 Å². The van der Waals surface area contributed by atoms with Gasteiger partial charge in [0, 0.05) is 0 Å². The van der Waals surface area contributed by atoms with Gasteiger partial charge in [0.05, 0.1) is 0 Å². The quantitative estimate of drug-likeness (QED) is 0.307. The number of hydrogen-bond acceptors (Lipinski definition) is 4. The number of carbonyl (C=O) groups is 3. The predicted octanol–water partition coefficient (Wildman–Crippen LogP) is 2.39. The molecule has 10 heteroatoms. The Hall–Kier alpha value is -1.96. The fraction of sp³-hybridized carbons (Fsp3) is 0.444. The molecule has 2 N–H and O–H groups in total. The summed E-state index contributed by atoms with van der Waals surface area (Å²) in [5.41, 5.74) is 3.36. The van der Waals surface area contributed by atoms with Gasteiger partial charge in [0.15, 0.2) is 0 Å². The van der Waals surface area contributed by atoms with Crippen LogP contribution in [0.4, 0.5) is 0 Å². The Morgan fingerprint density at radius 3 is 2.38 bits per heavy atom. The molecule has 2 saturated heterocycles. The molecule has 2 fully saturated rings. The molecule has 190 valence electrons. The van der Waals surface area contributed by atoms with Gasteiger partial charge in [0.25, 0.3) is 0 Å². The van der Waals surface area contributed by atoms with E-state index in [1.165, 1.54) is 4.90 Å². The number of fused-ring (bicyclic) bond motifs is 1. The second kappa shape index (κ2) is 10.3. The molecular formula is C27H31N3NaO5P. The molecule has 1 aliphatic carbocycles. The molecule has 4 atom stereocenters. The summed E-state index contributed by atoms with van der Waals surface area (Å²) in [6.07, 6.45) is 3.27. The molecule has 2 amide bonds. The van der Waals surface area contributed by atoms with Gasteiger partial charge in [-0.1, -0.05) is 0 Å². The third-order valence-electron chi connectivity index (χ3n) is 8.30. The van der Waals surface area contributed by atoms with Crippen LogP contribution < -0.4 is 5.09 Å². The van der Waals surface area contributed by atoms with Crippen molar-refractivity contribution in [2.75, 3.05) is 12.7 Å². The fourth-order valence-corrected chi connectivity index (χ4v) is 9.66. The number of hydrogen-bond donors (Lipinski definition) is 2. The van der Waals surface area contributed by atoms with Crippen LogP contribution in [0.1, 0.15) is 36.5 Å². The first-order chi connectivity index (χ1) is 17.6. The van der Waals surface area contributed by atoms with Crippen molar-refractivity contribution in [2.45, 2.75) is 59.7 Å². The number of benzene rings is 2. The summed E-state index contributed by atoms with van der Waals surface area (Å²) in [4.78, 5) is 42.7. The van der Waals surface area contributed by atoms with Gasteiger partial charge in [-0.15, -0.1) is 0 Å². The molecule has 2 heterocycles. The van der Waals surface area contributed by atoms with E-state index in [9.17, 15) is 24.1 Å². The molecule has 2 unspecified atom stereocenters. The third kappa shape index (κ3) is 4.95. The van der Waals surface area contributed by atoms with E-state index in [0.717, 1.165) is 16.7 Å². The Kier molecular flexibility index (Phi) is 7.42. The van der Waals surface area contributed by atoms with Crippen molar-refractivity contribution < 1.29 is 24.1 Å². The number of carboxylic acids is 1. The normalized spacial score (nSPS) is 27.5. The summed E-state index contributed by atoms with van der Waals surface area (Å²) in [7, 11) is -2.99. The van der Waals surface area contributed by atoms with Crippen LogP contribution in [0.3, 0.4) is 0 Å². The Morgan fingerprint density at radius 2 is 1.76 bits per heavy atom. The third-order valence-corrected chi connectivity index (χ3v) is 12.5. The van der Waals surface area contributed by atoms with Gasteiger partial charge in [-0.3, -0.25) is 0 Å². The molecule has 0 saturated carbocycles. The molecule has 37 heavy (non-hydrogen) atoms. The number of likely N-dealkylation sites (tertiary alicyclic amines) is 1. The van der Waals surface area contributed by atoms with Crippen LogP contribution >= 0.6 is 7.29 Å². The van der Waals surface area contributed by atoms with Crippen LogP contribution in [0.2, 0.25) is 0 Å². The number of rotatable bonds is 8. The number of aryl methyl sites for hydroxylation is 1. The second-order valence-electron chi connectivity index (χ2n) is 10.6. The predicted molar refractivity (Wildman–Crippen MR) is 141 cm³/mol. The van der Waals surface area contributed by atoms with Crippen LogP contribution in [-0.4, -0.2) is 94.0 Å². The summed E-state index contributed by atoms with van der Waals surface area (Å²) in [6, 6.07) is 16.7. The maximum absolute atomic E-state index is 14.2. The van der Waals surface area contributed by atoms with Crippen LogP contribution in [0, 0.1) is 0 Å². The van der Waals surface area contributed by atoms with E-state index in [4.69, 9.17) is 0 Å². The Labute approximate surface area is 234 Å². The van der Waals surface area contributed by atoms with E-state index in [2.05, 4.69) is 5.09 Å². The van der Waals surface area contributed by atoms with E-state index < -0.39 is 27.9 Å². The summed E-state index contributed by atoms with van der Waals surface area (Å²) in [6.45, 7) is 2.08. The average Bonchev–Trinajstić information content (AvgIpc) is 3.28. The molecule has 3 aliphatic rings. The first-order valence-corrected chi connectivity index (χ1v) is 16.0. The van der Waals surface area contributed by atoms with Crippen molar-refractivity contribution in [3.63, 3.8) is 0 Å². The molecule has 5 rings (SSSR count). The van der Waals surface area contributed by atoms with Crippen LogP contribution in [0.15, 0.2) is 54.6 Å². The first-order valence-electron chi connectivity index (χ1n) is 13.0. The zero-order valence-corrected chi connectivity index (χ0v) is 24.2. The molecule has 2 aromatic rings. The maximum atomic E-state index is 14.2. The molecule has 8 nitrogen and oxygen atoms in total. The molecule has 2 aromatic carbocycles. The van der Waals surface area contributed by atoms with E-state index in [1.807, 2.05) is 54.6 Å². The van der Waals surface area contributed by atoms with Gasteiger partial charge in [-0.25, -0.2) is 0 Å². The average molecular weight is 532 g/mol. The number of carbonyl (C=O) groups excluding carboxylic acids is 2. The van der Waals surface area contributed by atoms with Gasteiger partial charge >= 0.3 is 236 Å². The van der Waals surface area contributed by atoms with Crippen molar-refractivity contribution in [1.29, 1.82) is 0 Å². The first kappa shape index (κ1) is 26.6. The van der Waals surface area contributed by atoms with E-state index >= 15 is 0 Å². The minimum atomic E-state index is -2.99. The van der Waals surface area contributed by atoms with Crippen molar-refractivity contribution in [2.24, 2.45) is 0 Å². The molecule has 0 radical (unpaired) electrons. The SMILES string of the molecule is C[C@@]1(C(=O)N(C2Cc3ccccc3C2)[CH]([Na])C(=O)N2CCC[C@H]2C(=O)O)NP1(=O)CCc1ccccc1. The summed E-state index contributed by atoms with van der Waals surface area (Å²) in [5.74, 6) is -1.61. The Morgan fingerprint density at radius 1 is 1.14 bits per heavy atom. The van der Waals surface area contributed by atoms with Crippen molar-refractivity contribution in [1.82, 2.24) is 14.9 Å². The Bertz CT molecular complexity index is 1250. The number of aliphatic carboxylic acids is 1. The van der Waals surface area contributed by atoms with Gasteiger partial charge < -0.3 is 0 Å². The number of amides is 2. The van der Waals surface area contributed by atoms with Gasteiger partial charge in [0.1, 0.15) is 0 Å².